The van der Waals surface area contributed by atoms with Crippen LogP contribution < -0.4 is 14.2 Å². The van der Waals surface area contributed by atoms with Crippen molar-refractivity contribution in [2.45, 2.75) is 55.4 Å². The summed E-state index contributed by atoms with van der Waals surface area (Å²) in [5.41, 5.74) is 8.57. The van der Waals surface area contributed by atoms with Crippen LogP contribution in [-0.4, -0.2) is 56.0 Å². The van der Waals surface area contributed by atoms with Gasteiger partial charge < -0.3 is 14.2 Å². The second-order valence-corrected chi connectivity index (χ2v) is 15.2. The highest BCUT2D eigenvalue weighted by Gasteiger charge is 2.06. The fourth-order valence-electron chi connectivity index (χ4n) is 6.14. The third-order valence-corrected chi connectivity index (χ3v) is 10.1. The summed E-state index contributed by atoms with van der Waals surface area (Å²) in [6.45, 7) is 13.2. The van der Waals surface area contributed by atoms with Crippen molar-refractivity contribution in [1.29, 1.82) is 0 Å². The molecule has 0 heterocycles. The van der Waals surface area contributed by atoms with Crippen molar-refractivity contribution in [1.82, 2.24) is 0 Å². The Hall–Kier alpha value is -7.78. The van der Waals surface area contributed by atoms with E-state index in [0.29, 0.717) is 22.3 Å². The molecule has 0 bridgehead atoms. The van der Waals surface area contributed by atoms with Gasteiger partial charge in [-0.3, -0.25) is 28.8 Å². The molecule has 0 unspecified atom stereocenters. The SMILES string of the molecule is CC(=O)c1ccc(-c2ccc(C(C)=O)cc2)cc1.CC(=O)c1ccc(C(C)=O)cc1.CC(=O)c1ccc(C)cc1.COc1ccc2cc(C(C)=O)ccc2c1.COc1cccc(C)c1OC. The number of rotatable bonds is 10. The number of hydrogen-bond acceptors (Lipinski definition) is 9. The molecule has 0 atom stereocenters. The first kappa shape index (κ1) is 52.6. The van der Waals surface area contributed by atoms with Crippen LogP contribution in [0.25, 0.3) is 21.9 Å². The van der Waals surface area contributed by atoms with E-state index in [0.717, 1.165) is 55.8 Å². The molecule has 9 nitrogen and oxygen atoms in total. The molecule has 0 aromatic heterocycles. The van der Waals surface area contributed by atoms with Crippen molar-refractivity contribution in [2.75, 3.05) is 21.3 Å². The number of benzene rings is 7. The fourth-order valence-corrected chi connectivity index (χ4v) is 6.14. The molecule has 0 aliphatic carbocycles. The van der Waals surface area contributed by atoms with Crippen molar-refractivity contribution < 1.29 is 43.0 Å². The minimum atomic E-state index is 0.0186. The number of fused-ring (bicyclic) bond motifs is 1. The summed E-state index contributed by atoms with van der Waals surface area (Å²) in [7, 11) is 4.92. The van der Waals surface area contributed by atoms with E-state index in [4.69, 9.17) is 14.2 Å². The summed E-state index contributed by atoms with van der Waals surface area (Å²) in [6, 6.07) is 46.5. The van der Waals surface area contributed by atoms with Crippen LogP contribution in [0.2, 0.25) is 0 Å². The monoisotopic (exact) mass is 886 g/mol. The van der Waals surface area contributed by atoms with Gasteiger partial charge in [0.2, 0.25) is 0 Å². The first-order valence-electron chi connectivity index (χ1n) is 21.1. The zero-order valence-electron chi connectivity index (χ0n) is 39.6. The van der Waals surface area contributed by atoms with E-state index < -0.39 is 0 Å². The molecule has 7 rings (SSSR count). The van der Waals surface area contributed by atoms with Crippen LogP contribution in [0.4, 0.5) is 0 Å². The van der Waals surface area contributed by atoms with E-state index in [1.54, 1.807) is 73.3 Å². The van der Waals surface area contributed by atoms with E-state index >= 15 is 0 Å². The van der Waals surface area contributed by atoms with E-state index in [-0.39, 0.29) is 34.7 Å². The van der Waals surface area contributed by atoms with Gasteiger partial charge >= 0.3 is 0 Å². The zero-order chi connectivity index (χ0) is 48.9. The lowest BCUT2D eigenvalue weighted by atomic mass is 10.0. The first-order chi connectivity index (χ1) is 31.4. The van der Waals surface area contributed by atoms with Crippen LogP contribution >= 0.6 is 0 Å². The Morgan fingerprint density at radius 2 is 0.697 bits per heavy atom. The molecule has 0 fully saturated rings. The van der Waals surface area contributed by atoms with Crippen molar-refractivity contribution in [3.63, 3.8) is 0 Å². The number of methoxy groups -OCH3 is 3. The Labute approximate surface area is 388 Å². The molecule has 0 N–H and O–H groups in total. The molecule has 0 aliphatic rings. The average Bonchev–Trinajstić information content (AvgIpc) is 3.32. The third kappa shape index (κ3) is 16.4. The highest BCUT2D eigenvalue weighted by atomic mass is 16.5. The minimum Gasteiger partial charge on any atom is -0.497 e. The average molecular weight is 887 g/mol. The molecule has 0 spiro atoms. The molecule has 7 aromatic carbocycles. The predicted octanol–water partition coefficient (Wildman–Crippen LogP) is 13.1. The number of carbonyl (C=O) groups is 6. The van der Waals surface area contributed by atoms with Crippen LogP contribution in [0, 0.1) is 13.8 Å². The molecule has 0 amide bonds. The Kier molecular flexibility index (Phi) is 20.8. The molecule has 66 heavy (non-hydrogen) atoms. The van der Waals surface area contributed by atoms with Gasteiger partial charge in [0.05, 0.1) is 21.3 Å². The normalized spacial score (nSPS) is 9.80. The van der Waals surface area contributed by atoms with Gasteiger partial charge in [0.1, 0.15) is 5.75 Å². The van der Waals surface area contributed by atoms with Crippen LogP contribution in [-0.2, 0) is 0 Å². The molecule has 0 saturated carbocycles. The molecule has 7 aromatic rings. The molecule has 0 radical (unpaired) electrons. The van der Waals surface area contributed by atoms with Crippen LogP contribution in [0.5, 0.6) is 17.2 Å². The summed E-state index contributed by atoms with van der Waals surface area (Å²) in [5, 5.41) is 2.14. The van der Waals surface area contributed by atoms with E-state index in [9.17, 15) is 28.8 Å². The van der Waals surface area contributed by atoms with Crippen molar-refractivity contribution in [2.24, 2.45) is 0 Å². The summed E-state index contributed by atoms with van der Waals surface area (Å²) >= 11 is 0. The van der Waals surface area contributed by atoms with Gasteiger partial charge in [-0.2, -0.15) is 0 Å². The zero-order valence-corrected chi connectivity index (χ0v) is 39.6. The smallest absolute Gasteiger partial charge is 0.163 e. The highest BCUT2D eigenvalue weighted by molar-refractivity contribution is 5.99. The summed E-state index contributed by atoms with van der Waals surface area (Å²) in [4.78, 5) is 66.0. The molecule has 340 valence electrons. The van der Waals surface area contributed by atoms with Crippen LogP contribution in [0.15, 0.2) is 152 Å². The summed E-state index contributed by atoms with van der Waals surface area (Å²) in [6.07, 6.45) is 0. The maximum absolute atomic E-state index is 11.2. The van der Waals surface area contributed by atoms with Crippen molar-refractivity contribution >= 4 is 45.5 Å². The number of hydrogen-bond donors (Lipinski definition) is 0. The van der Waals surface area contributed by atoms with Gasteiger partial charge in [-0.25, -0.2) is 0 Å². The highest BCUT2D eigenvalue weighted by Crippen LogP contribution is 2.29. The van der Waals surface area contributed by atoms with Gasteiger partial charge in [-0.05, 0) is 107 Å². The van der Waals surface area contributed by atoms with Gasteiger partial charge in [-0.1, -0.05) is 133 Å². The van der Waals surface area contributed by atoms with Gasteiger partial charge in [0, 0.05) is 33.4 Å². The minimum absolute atomic E-state index is 0.0186. The number of aryl methyl sites for hydroxylation is 2. The predicted molar refractivity (Wildman–Crippen MR) is 264 cm³/mol. The molecular weight excluding hydrogens is 829 g/mol. The van der Waals surface area contributed by atoms with E-state index in [1.165, 1.54) is 19.4 Å². The van der Waals surface area contributed by atoms with Crippen LogP contribution in [0.1, 0.15) is 115 Å². The lowest BCUT2D eigenvalue weighted by Crippen LogP contribution is -1.95. The van der Waals surface area contributed by atoms with Crippen LogP contribution in [0.3, 0.4) is 0 Å². The number of ether oxygens (including phenoxy) is 3. The number of Topliss-reactive ketones (excluding diaryl/α,β-unsaturated/α-hetero) is 6. The van der Waals surface area contributed by atoms with E-state index in [2.05, 4.69) is 0 Å². The summed E-state index contributed by atoms with van der Waals surface area (Å²) in [5.74, 6) is 2.81. The van der Waals surface area contributed by atoms with Crippen molar-refractivity contribution in [3.05, 3.63) is 196 Å². The molecule has 0 aliphatic heterocycles. The fraction of sp³-hybridized carbons (Fsp3) is 0.193. The number of carbonyl (C=O) groups excluding carboxylic acids is 6. The Balaban J connectivity index is 0.000000223. The Morgan fingerprint density at radius 3 is 1.05 bits per heavy atom. The Morgan fingerprint density at radius 1 is 0.348 bits per heavy atom. The molecular formula is C57H58O9. The number of para-hydroxylation sites is 1. The molecule has 0 saturated heterocycles. The topological polar surface area (TPSA) is 130 Å². The third-order valence-electron chi connectivity index (χ3n) is 10.1. The maximum atomic E-state index is 11.2. The first-order valence-corrected chi connectivity index (χ1v) is 21.1. The lowest BCUT2D eigenvalue weighted by molar-refractivity contribution is 0.100. The van der Waals surface area contributed by atoms with Crippen molar-refractivity contribution in [3.8, 4) is 28.4 Å². The number of ketones is 6. The Bertz CT molecular complexity index is 2660. The van der Waals surface area contributed by atoms with E-state index in [1.807, 2.05) is 141 Å². The quantitative estimate of drug-likeness (QED) is 0.123. The largest absolute Gasteiger partial charge is 0.497 e. The van der Waals surface area contributed by atoms with Gasteiger partial charge in [0.25, 0.3) is 0 Å². The van der Waals surface area contributed by atoms with Gasteiger partial charge in [0.15, 0.2) is 46.2 Å². The molecule has 9 heteroatoms. The van der Waals surface area contributed by atoms with Gasteiger partial charge in [-0.15, -0.1) is 0 Å². The second kappa shape index (κ2) is 26.1. The second-order valence-electron chi connectivity index (χ2n) is 15.2. The standard InChI is InChI=1S/C16H14O2.C13H12O2.C10H10O2.C9H12O2.C9H10O/c1-11(17)13-3-7-15(8-4-13)16-9-5-14(6-10-16)12(2)18;1-9(14)10-3-4-12-8-13(15-2)6-5-11(12)7-10;1-7(11)9-3-5-10(6-4-9)8(2)12;1-7-5-4-6-8(10-2)9(7)11-3;1-7-3-5-9(6-4-7)8(2)10/h3-10H,1-2H3;3-8H,1-2H3;3-6H,1-2H3;4-6H,1-3H3;3-6H,1-2H3. The lowest BCUT2D eigenvalue weighted by Gasteiger charge is -2.08. The summed E-state index contributed by atoms with van der Waals surface area (Å²) < 4.78 is 15.4. The maximum Gasteiger partial charge on any atom is 0.163 e.